The average molecular weight is 465 g/mol. The molecule has 4 atom stereocenters. The van der Waals surface area contributed by atoms with Gasteiger partial charge in [0.1, 0.15) is 12.0 Å². The van der Waals surface area contributed by atoms with Crippen LogP contribution in [0.3, 0.4) is 0 Å². The van der Waals surface area contributed by atoms with Crippen molar-refractivity contribution in [3.05, 3.63) is 29.8 Å². The molecule has 0 bridgehead atoms. The van der Waals surface area contributed by atoms with Crippen molar-refractivity contribution >= 4 is 22.4 Å². The Labute approximate surface area is 179 Å². The van der Waals surface area contributed by atoms with Crippen LogP contribution in [0.25, 0.3) is 0 Å². The molecule has 1 aromatic carbocycles. The number of esters is 1. The van der Waals surface area contributed by atoms with Gasteiger partial charge in [0.25, 0.3) is 0 Å². The molecule has 31 heavy (non-hydrogen) atoms. The van der Waals surface area contributed by atoms with Crippen LogP contribution in [0, 0.1) is 17.8 Å². The number of nitrogens with zero attached hydrogens (tertiary/aromatic N) is 1. The lowest BCUT2D eigenvalue weighted by Gasteiger charge is -2.30. The van der Waals surface area contributed by atoms with Gasteiger partial charge in [0.2, 0.25) is 0 Å². The number of rotatable bonds is 9. The Morgan fingerprint density at radius 3 is 2.58 bits per heavy atom. The van der Waals surface area contributed by atoms with Crippen LogP contribution in [0.4, 0.5) is 13.2 Å². The topological polar surface area (TPSA) is 90.0 Å². The molecular weight excluding hydrogens is 439 g/mol. The zero-order chi connectivity index (χ0) is 23.4. The molecule has 1 fully saturated rings. The quantitative estimate of drug-likeness (QED) is 0.240. The zero-order valence-corrected chi connectivity index (χ0v) is 18.3. The van der Waals surface area contributed by atoms with E-state index in [0.717, 1.165) is 12.4 Å². The van der Waals surface area contributed by atoms with Gasteiger partial charge in [-0.3, -0.25) is 4.79 Å². The fourth-order valence-corrected chi connectivity index (χ4v) is 4.68. The molecule has 1 aliphatic carbocycles. The van der Waals surface area contributed by atoms with Gasteiger partial charge in [0.05, 0.1) is 13.0 Å². The predicted molar refractivity (Wildman–Crippen MR) is 106 cm³/mol. The van der Waals surface area contributed by atoms with Crippen LogP contribution in [-0.2, 0) is 30.9 Å². The van der Waals surface area contributed by atoms with Gasteiger partial charge in [-0.25, -0.2) is 0 Å². The van der Waals surface area contributed by atoms with Gasteiger partial charge in [-0.15, -0.1) is 0 Å². The highest BCUT2D eigenvalue weighted by Gasteiger charge is 2.49. The van der Waals surface area contributed by atoms with Gasteiger partial charge in [-0.05, 0) is 49.4 Å². The van der Waals surface area contributed by atoms with Crippen molar-refractivity contribution in [3.8, 4) is 5.75 Å². The van der Waals surface area contributed by atoms with Crippen LogP contribution in [0.1, 0.15) is 25.3 Å². The van der Waals surface area contributed by atoms with E-state index in [0.29, 0.717) is 24.9 Å². The summed E-state index contributed by atoms with van der Waals surface area (Å²) in [6.45, 7) is 2.42. The van der Waals surface area contributed by atoms with Crippen molar-refractivity contribution in [1.29, 1.82) is 0 Å². The number of halogens is 3. The smallest absolute Gasteiger partial charge is 0.469 e. The van der Waals surface area contributed by atoms with Crippen LogP contribution in [0.15, 0.2) is 24.3 Å². The molecule has 174 valence electrons. The van der Waals surface area contributed by atoms with E-state index in [2.05, 4.69) is 4.18 Å². The molecule has 0 aliphatic heterocycles. The van der Waals surface area contributed by atoms with Gasteiger partial charge < -0.3 is 18.6 Å². The lowest BCUT2D eigenvalue weighted by molar-refractivity contribution is -0.148. The number of hydrogen-bond donors (Lipinski definition) is 0. The summed E-state index contributed by atoms with van der Waals surface area (Å²) >= 11 is 0. The van der Waals surface area contributed by atoms with E-state index in [1.54, 1.807) is 6.07 Å². The van der Waals surface area contributed by atoms with Gasteiger partial charge >= 0.3 is 21.6 Å². The lowest BCUT2D eigenvalue weighted by atomic mass is 9.87. The van der Waals surface area contributed by atoms with E-state index in [1.807, 2.05) is 18.9 Å². The van der Waals surface area contributed by atoms with E-state index in [-0.39, 0.29) is 36.2 Å². The molecule has 11 heteroatoms. The third-order valence-electron chi connectivity index (χ3n) is 5.73. The minimum absolute atomic E-state index is 0.0363. The third kappa shape index (κ3) is 5.97. The molecule has 0 saturated heterocycles. The van der Waals surface area contributed by atoms with Crippen molar-refractivity contribution in [3.63, 3.8) is 0 Å². The highest BCUT2D eigenvalue weighted by atomic mass is 32.2. The number of likely N-dealkylation sites (N-methyl/N-ethyl adjacent to an activating group) is 1. The first-order valence-corrected chi connectivity index (χ1v) is 11.1. The number of hydrogen-bond acceptors (Lipinski definition) is 7. The summed E-state index contributed by atoms with van der Waals surface area (Å²) in [7, 11) is -2.57. The summed E-state index contributed by atoms with van der Waals surface area (Å²) in [5.74, 6) is -1.31. The van der Waals surface area contributed by atoms with Crippen molar-refractivity contribution < 1.29 is 40.1 Å². The van der Waals surface area contributed by atoms with E-state index >= 15 is 0 Å². The van der Waals surface area contributed by atoms with Crippen molar-refractivity contribution in [2.45, 2.75) is 37.7 Å². The minimum Gasteiger partial charge on any atom is -0.469 e. The van der Waals surface area contributed by atoms with Gasteiger partial charge in [0, 0.05) is 19.0 Å². The first-order chi connectivity index (χ1) is 14.4. The number of carbonyl (C=O) groups excluding carboxylic acids is 2. The Morgan fingerprint density at radius 2 is 2.00 bits per heavy atom. The standard InChI is InChI=1S/C20H26F3NO6S/c1-13-11-17(16(8-10-25)18(13)19(26)29-3)24(2)9-7-14-5-4-6-15(12-14)30-31(27,28)20(21,22)23/h4-6,10,12-13,16-18H,7-9,11H2,1-3H3/t13?,16?,17-,18-/m1/s1. The van der Waals surface area contributed by atoms with Crippen LogP contribution in [0.2, 0.25) is 0 Å². The Balaban J connectivity index is 2.07. The number of benzene rings is 1. The molecule has 1 saturated carbocycles. The predicted octanol–water partition coefficient (Wildman–Crippen LogP) is 2.79. The fourth-order valence-electron chi connectivity index (χ4n) is 4.23. The lowest BCUT2D eigenvalue weighted by Crippen LogP contribution is -2.39. The summed E-state index contributed by atoms with van der Waals surface area (Å²) in [5.41, 5.74) is -4.92. The summed E-state index contributed by atoms with van der Waals surface area (Å²) in [4.78, 5) is 25.4. The number of aldehydes is 1. The largest absolute Gasteiger partial charge is 0.534 e. The number of carbonyl (C=O) groups is 2. The molecule has 0 N–H and O–H groups in total. The van der Waals surface area contributed by atoms with Gasteiger partial charge in [-0.1, -0.05) is 19.1 Å². The van der Waals surface area contributed by atoms with Crippen LogP contribution >= 0.6 is 0 Å². The second-order valence-electron chi connectivity index (χ2n) is 7.76. The summed E-state index contributed by atoms with van der Waals surface area (Å²) in [6, 6.07) is 5.40. The summed E-state index contributed by atoms with van der Waals surface area (Å²) in [6.07, 6.45) is 2.11. The molecule has 0 heterocycles. The van der Waals surface area contributed by atoms with Crippen molar-refractivity contribution in [2.24, 2.45) is 17.8 Å². The first kappa shape index (κ1) is 25.1. The van der Waals surface area contributed by atoms with E-state index in [9.17, 15) is 31.2 Å². The molecule has 1 aliphatic rings. The monoisotopic (exact) mass is 465 g/mol. The molecule has 1 aromatic rings. The fraction of sp³-hybridized carbons (Fsp3) is 0.600. The maximum absolute atomic E-state index is 12.5. The molecule has 0 aromatic heterocycles. The van der Waals surface area contributed by atoms with Crippen molar-refractivity contribution in [1.82, 2.24) is 4.90 Å². The number of alkyl halides is 3. The first-order valence-electron chi connectivity index (χ1n) is 9.72. The van der Waals surface area contributed by atoms with E-state index in [1.165, 1.54) is 19.2 Å². The molecule has 0 amide bonds. The third-order valence-corrected chi connectivity index (χ3v) is 6.71. The van der Waals surface area contributed by atoms with E-state index < -0.39 is 21.4 Å². The Morgan fingerprint density at radius 1 is 1.32 bits per heavy atom. The average Bonchev–Trinajstić information content (AvgIpc) is 3.01. The van der Waals surface area contributed by atoms with Crippen LogP contribution < -0.4 is 4.18 Å². The molecule has 7 nitrogen and oxygen atoms in total. The number of ether oxygens (including phenoxy) is 1. The number of methoxy groups -OCH3 is 1. The van der Waals surface area contributed by atoms with Crippen molar-refractivity contribution in [2.75, 3.05) is 20.7 Å². The minimum atomic E-state index is -5.74. The highest BCUT2D eigenvalue weighted by molar-refractivity contribution is 7.88. The second-order valence-corrected chi connectivity index (χ2v) is 9.29. The SMILES string of the molecule is COC(=O)[C@@H]1C(C)C[C@@H](N(C)CCc2cccc(OS(=O)(=O)C(F)(F)F)c2)C1CC=O. The molecular formula is C20H26F3NO6S. The molecule has 0 radical (unpaired) electrons. The molecule has 2 unspecified atom stereocenters. The Hall–Kier alpha value is -2.14. The van der Waals surface area contributed by atoms with Gasteiger partial charge in [0.15, 0.2) is 0 Å². The summed E-state index contributed by atoms with van der Waals surface area (Å²) < 4.78 is 69.0. The molecule has 2 rings (SSSR count). The Kier molecular flexibility index (Phi) is 8.09. The molecule has 0 spiro atoms. The van der Waals surface area contributed by atoms with Crippen LogP contribution in [-0.4, -0.2) is 57.8 Å². The van der Waals surface area contributed by atoms with E-state index in [4.69, 9.17) is 4.74 Å². The normalized spacial score (nSPS) is 24.2. The highest BCUT2D eigenvalue weighted by Crippen LogP contribution is 2.41. The second kappa shape index (κ2) is 9.99. The van der Waals surface area contributed by atoms with Gasteiger partial charge in [-0.2, -0.15) is 21.6 Å². The maximum Gasteiger partial charge on any atom is 0.534 e. The summed E-state index contributed by atoms with van der Waals surface area (Å²) in [5, 5.41) is 0. The zero-order valence-electron chi connectivity index (χ0n) is 17.5. The Bertz CT molecular complexity index is 889. The maximum atomic E-state index is 12.5. The van der Waals surface area contributed by atoms with Crippen LogP contribution in [0.5, 0.6) is 5.75 Å².